The zero-order valence-electron chi connectivity index (χ0n) is 12.4. The van der Waals surface area contributed by atoms with Crippen molar-refractivity contribution >= 4 is 5.78 Å². The first-order chi connectivity index (χ1) is 8.36. The summed E-state index contributed by atoms with van der Waals surface area (Å²) in [7, 11) is 0. The normalized spacial score (nSPS) is 20.6. The number of carbonyl (C=O) groups is 1. The minimum absolute atomic E-state index is 0.0598. The fourth-order valence-electron chi connectivity index (χ4n) is 2.16. The van der Waals surface area contributed by atoms with Crippen molar-refractivity contribution in [3.05, 3.63) is 23.5 Å². The maximum Gasteiger partial charge on any atom is 0.202 e. The van der Waals surface area contributed by atoms with Crippen molar-refractivity contribution in [2.45, 2.75) is 65.9 Å². The second-order valence-corrected chi connectivity index (χ2v) is 5.84. The lowest BCUT2D eigenvalue weighted by molar-refractivity contribution is -0.126. The molecule has 0 spiro atoms. The molecule has 2 heteroatoms. The van der Waals surface area contributed by atoms with Crippen LogP contribution in [-0.2, 0) is 9.53 Å². The van der Waals surface area contributed by atoms with E-state index in [0.29, 0.717) is 0 Å². The van der Waals surface area contributed by atoms with E-state index in [-0.39, 0.29) is 5.78 Å². The quantitative estimate of drug-likeness (QED) is 0.698. The second kappa shape index (κ2) is 6.21. The van der Waals surface area contributed by atoms with Crippen LogP contribution in [0.15, 0.2) is 23.5 Å². The highest BCUT2D eigenvalue weighted by molar-refractivity contribution is 5.99. The fourth-order valence-corrected chi connectivity index (χ4v) is 2.16. The Bertz CT molecular complexity index is 361. The van der Waals surface area contributed by atoms with Gasteiger partial charge >= 0.3 is 0 Å². The molecule has 0 fully saturated rings. The summed E-state index contributed by atoms with van der Waals surface area (Å²) in [6, 6.07) is 0. The summed E-state index contributed by atoms with van der Waals surface area (Å²) in [4.78, 5) is 11.6. The maximum atomic E-state index is 11.6. The van der Waals surface area contributed by atoms with Gasteiger partial charge in [-0.15, -0.1) is 0 Å². The van der Waals surface area contributed by atoms with Gasteiger partial charge in [-0.1, -0.05) is 32.8 Å². The first kappa shape index (κ1) is 15.0. The van der Waals surface area contributed by atoms with Crippen LogP contribution >= 0.6 is 0 Å². The third kappa shape index (κ3) is 4.01. The standard InChI is InChI=1S/C16H26O2/c1-6-8-12(2)9-7-10-13(3)14-11-15(17)16(4,5)18-14/h10-12H,6-9H2,1-5H3/b13-10+. The third-order valence-corrected chi connectivity index (χ3v) is 3.50. The summed E-state index contributed by atoms with van der Waals surface area (Å²) < 4.78 is 5.67. The van der Waals surface area contributed by atoms with E-state index < -0.39 is 5.60 Å². The summed E-state index contributed by atoms with van der Waals surface area (Å²) in [6.45, 7) is 10.2. The van der Waals surface area contributed by atoms with Crippen molar-refractivity contribution in [3.63, 3.8) is 0 Å². The average molecular weight is 250 g/mol. The molecule has 1 aliphatic rings. The van der Waals surface area contributed by atoms with Crippen LogP contribution in [0.1, 0.15) is 60.3 Å². The van der Waals surface area contributed by atoms with Gasteiger partial charge in [-0.25, -0.2) is 0 Å². The highest BCUT2D eigenvalue weighted by Crippen LogP contribution is 2.29. The molecule has 0 saturated heterocycles. The Hall–Kier alpha value is -1.05. The topological polar surface area (TPSA) is 26.3 Å². The van der Waals surface area contributed by atoms with E-state index in [0.717, 1.165) is 23.7 Å². The number of hydrogen-bond acceptors (Lipinski definition) is 2. The zero-order valence-corrected chi connectivity index (χ0v) is 12.4. The van der Waals surface area contributed by atoms with Crippen molar-refractivity contribution in [2.75, 3.05) is 0 Å². The number of hydrogen-bond donors (Lipinski definition) is 0. The van der Waals surface area contributed by atoms with Crippen LogP contribution < -0.4 is 0 Å². The van der Waals surface area contributed by atoms with Crippen LogP contribution in [0.25, 0.3) is 0 Å². The van der Waals surface area contributed by atoms with Crippen molar-refractivity contribution in [3.8, 4) is 0 Å². The van der Waals surface area contributed by atoms with E-state index in [1.165, 1.54) is 19.3 Å². The van der Waals surface area contributed by atoms with E-state index in [9.17, 15) is 4.79 Å². The minimum Gasteiger partial charge on any atom is -0.479 e. The van der Waals surface area contributed by atoms with Gasteiger partial charge in [0.2, 0.25) is 5.78 Å². The Morgan fingerprint density at radius 2 is 2.11 bits per heavy atom. The molecule has 0 radical (unpaired) electrons. The lowest BCUT2D eigenvalue weighted by atomic mass is 9.99. The third-order valence-electron chi connectivity index (χ3n) is 3.50. The van der Waals surface area contributed by atoms with Gasteiger partial charge in [0.25, 0.3) is 0 Å². The van der Waals surface area contributed by atoms with E-state index in [4.69, 9.17) is 4.74 Å². The van der Waals surface area contributed by atoms with Gasteiger partial charge in [-0.3, -0.25) is 4.79 Å². The van der Waals surface area contributed by atoms with Gasteiger partial charge in [0.15, 0.2) is 5.60 Å². The zero-order chi connectivity index (χ0) is 13.8. The Kier molecular flexibility index (Phi) is 5.18. The molecule has 102 valence electrons. The first-order valence-corrected chi connectivity index (χ1v) is 6.99. The van der Waals surface area contributed by atoms with E-state index in [1.54, 1.807) is 6.08 Å². The smallest absolute Gasteiger partial charge is 0.202 e. The summed E-state index contributed by atoms with van der Waals surface area (Å²) in [6.07, 6.45) is 8.62. The predicted molar refractivity (Wildman–Crippen MR) is 75.3 cm³/mol. The van der Waals surface area contributed by atoms with Crippen LogP contribution in [-0.4, -0.2) is 11.4 Å². The molecule has 1 rings (SSSR count). The first-order valence-electron chi connectivity index (χ1n) is 6.99. The molecule has 0 aromatic heterocycles. The number of ketones is 1. The van der Waals surface area contributed by atoms with Crippen molar-refractivity contribution in [2.24, 2.45) is 5.92 Å². The SMILES string of the molecule is CCCC(C)CC/C=C(\C)C1=CC(=O)C(C)(C)O1. The molecule has 18 heavy (non-hydrogen) atoms. The Morgan fingerprint density at radius 3 is 2.61 bits per heavy atom. The van der Waals surface area contributed by atoms with Crippen LogP contribution in [0.3, 0.4) is 0 Å². The molecule has 1 unspecified atom stereocenters. The van der Waals surface area contributed by atoms with E-state index in [1.807, 2.05) is 20.8 Å². The molecule has 0 aromatic rings. The van der Waals surface area contributed by atoms with Crippen molar-refractivity contribution in [1.82, 2.24) is 0 Å². The molecule has 0 aromatic carbocycles. The van der Waals surface area contributed by atoms with Crippen LogP contribution in [0.2, 0.25) is 0 Å². The lowest BCUT2D eigenvalue weighted by Crippen LogP contribution is -2.27. The Morgan fingerprint density at radius 1 is 1.44 bits per heavy atom. The van der Waals surface area contributed by atoms with Crippen molar-refractivity contribution in [1.29, 1.82) is 0 Å². The van der Waals surface area contributed by atoms with Gasteiger partial charge < -0.3 is 4.74 Å². The summed E-state index contributed by atoms with van der Waals surface area (Å²) in [5.41, 5.74) is 0.401. The molecule has 0 saturated carbocycles. The number of allylic oxidation sites excluding steroid dienone is 2. The molecule has 1 aliphatic heterocycles. The van der Waals surface area contributed by atoms with Crippen LogP contribution in [0, 0.1) is 5.92 Å². The molecule has 0 bridgehead atoms. The highest BCUT2D eigenvalue weighted by Gasteiger charge is 2.35. The minimum atomic E-state index is -0.681. The van der Waals surface area contributed by atoms with E-state index in [2.05, 4.69) is 19.9 Å². The molecule has 0 amide bonds. The Labute approximate surface area is 111 Å². The summed E-state index contributed by atoms with van der Waals surface area (Å²) in [5.74, 6) is 1.58. The summed E-state index contributed by atoms with van der Waals surface area (Å²) in [5, 5.41) is 0. The average Bonchev–Trinajstić information content (AvgIpc) is 2.54. The number of carbonyl (C=O) groups excluding carboxylic acids is 1. The molecular formula is C16H26O2. The maximum absolute atomic E-state index is 11.6. The molecule has 2 nitrogen and oxygen atoms in total. The van der Waals surface area contributed by atoms with Gasteiger partial charge in [0.05, 0.1) is 0 Å². The molecule has 0 N–H and O–H groups in total. The molecular weight excluding hydrogens is 224 g/mol. The lowest BCUT2D eigenvalue weighted by Gasteiger charge is -2.18. The fraction of sp³-hybridized carbons (Fsp3) is 0.688. The largest absolute Gasteiger partial charge is 0.479 e. The highest BCUT2D eigenvalue weighted by atomic mass is 16.5. The predicted octanol–water partition coefficient (Wildman–Crippen LogP) is 4.41. The van der Waals surface area contributed by atoms with Gasteiger partial charge in [0, 0.05) is 6.08 Å². The molecule has 1 heterocycles. The number of rotatable bonds is 6. The summed E-state index contributed by atoms with van der Waals surface area (Å²) >= 11 is 0. The molecule has 0 aliphatic carbocycles. The monoisotopic (exact) mass is 250 g/mol. The Balaban J connectivity index is 2.48. The molecule has 1 atom stereocenters. The second-order valence-electron chi connectivity index (χ2n) is 5.84. The van der Waals surface area contributed by atoms with Gasteiger partial charge in [0.1, 0.15) is 5.76 Å². The van der Waals surface area contributed by atoms with Crippen LogP contribution in [0.5, 0.6) is 0 Å². The van der Waals surface area contributed by atoms with Gasteiger partial charge in [-0.2, -0.15) is 0 Å². The van der Waals surface area contributed by atoms with Gasteiger partial charge in [-0.05, 0) is 45.1 Å². The van der Waals surface area contributed by atoms with E-state index >= 15 is 0 Å². The van der Waals surface area contributed by atoms with Crippen molar-refractivity contribution < 1.29 is 9.53 Å². The van der Waals surface area contributed by atoms with Crippen LogP contribution in [0.4, 0.5) is 0 Å². The number of ether oxygens (including phenoxy) is 1.